The van der Waals surface area contributed by atoms with E-state index in [0.717, 1.165) is 5.56 Å². The van der Waals surface area contributed by atoms with E-state index in [1.54, 1.807) is 18.2 Å². The predicted molar refractivity (Wildman–Crippen MR) is 45.3 cm³/mol. The highest BCUT2D eigenvalue weighted by molar-refractivity contribution is 6.31. The minimum atomic E-state index is -0.00935. The number of hydrogen-bond donors (Lipinski definition) is 1. The van der Waals surface area contributed by atoms with Crippen LogP contribution >= 0.6 is 11.6 Å². The number of aliphatic hydroxyl groups excluding tert-OH is 1. The monoisotopic (exact) mass is 166 g/mol. The van der Waals surface area contributed by atoms with Crippen LogP contribution in [0.15, 0.2) is 18.2 Å². The first-order valence-electron chi connectivity index (χ1n) is 3.14. The molecule has 0 unspecified atom stereocenters. The van der Waals surface area contributed by atoms with Crippen molar-refractivity contribution in [2.75, 3.05) is 0 Å². The van der Waals surface area contributed by atoms with Crippen molar-refractivity contribution in [2.45, 2.75) is 6.61 Å². The lowest BCUT2D eigenvalue weighted by molar-refractivity contribution is 0.282. The van der Waals surface area contributed by atoms with Crippen molar-refractivity contribution in [3.63, 3.8) is 0 Å². The van der Waals surface area contributed by atoms with Crippen LogP contribution in [-0.4, -0.2) is 5.11 Å². The first kappa shape index (κ1) is 8.13. The summed E-state index contributed by atoms with van der Waals surface area (Å²) >= 11 is 5.75. The largest absolute Gasteiger partial charge is 0.392 e. The van der Waals surface area contributed by atoms with Gasteiger partial charge in [-0.1, -0.05) is 23.6 Å². The molecule has 11 heavy (non-hydrogen) atoms. The Balaban J connectivity index is 3.12. The third kappa shape index (κ3) is 1.74. The van der Waals surface area contributed by atoms with Crippen LogP contribution in [0.2, 0.25) is 5.02 Å². The molecule has 0 aliphatic rings. The maximum atomic E-state index is 8.72. The van der Waals surface area contributed by atoms with E-state index in [1.165, 1.54) is 0 Å². The van der Waals surface area contributed by atoms with Gasteiger partial charge in [0.2, 0.25) is 0 Å². The Morgan fingerprint density at radius 1 is 1.55 bits per heavy atom. The van der Waals surface area contributed by atoms with Crippen LogP contribution in [0.4, 0.5) is 0 Å². The second kappa shape index (κ2) is 3.43. The van der Waals surface area contributed by atoms with Gasteiger partial charge in [0, 0.05) is 5.56 Å². The molecule has 0 aliphatic heterocycles. The van der Waals surface area contributed by atoms with Crippen molar-refractivity contribution in [1.29, 1.82) is 0 Å². The molecule has 0 spiro atoms. The van der Waals surface area contributed by atoms with E-state index in [0.29, 0.717) is 10.6 Å². The maximum Gasteiger partial charge on any atom is 0.0682 e. The third-order valence-corrected chi connectivity index (χ3v) is 1.68. The summed E-state index contributed by atoms with van der Waals surface area (Å²) < 4.78 is 0. The number of aliphatic hydroxyl groups is 1. The molecule has 1 aromatic rings. The molecular weight excluding hydrogens is 160 g/mol. The summed E-state index contributed by atoms with van der Waals surface area (Å²) in [5.74, 6) is 2.43. The van der Waals surface area contributed by atoms with Gasteiger partial charge in [-0.05, 0) is 17.7 Å². The second-order valence-electron chi connectivity index (χ2n) is 2.12. The average Bonchev–Trinajstić information content (AvgIpc) is 2.04. The number of hydrogen-bond acceptors (Lipinski definition) is 1. The van der Waals surface area contributed by atoms with E-state index in [-0.39, 0.29) is 6.61 Å². The van der Waals surface area contributed by atoms with E-state index >= 15 is 0 Å². The molecule has 1 rings (SSSR count). The highest BCUT2D eigenvalue weighted by Crippen LogP contribution is 2.16. The van der Waals surface area contributed by atoms with Crippen LogP contribution in [0, 0.1) is 12.3 Å². The fourth-order valence-corrected chi connectivity index (χ4v) is 1.03. The molecule has 0 atom stereocenters. The molecular formula is C9H7ClO. The zero-order valence-electron chi connectivity index (χ0n) is 5.84. The maximum absolute atomic E-state index is 8.72. The van der Waals surface area contributed by atoms with Crippen LogP contribution in [-0.2, 0) is 6.61 Å². The van der Waals surface area contributed by atoms with Crippen LogP contribution < -0.4 is 0 Å². The lowest BCUT2D eigenvalue weighted by Crippen LogP contribution is -1.84. The summed E-state index contributed by atoms with van der Waals surface area (Å²) in [4.78, 5) is 0. The quantitative estimate of drug-likeness (QED) is 0.631. The van der Waals surface area contributed by atoms with Gasteiger partial charge < -0.3 is 5.11 Å². The molecule has 0 heterocycles. The van der Waals surface area contributed by atoms with Gasteiger partial charge in [-0.25, -0.2) is 0 Å². The van der Waals surface area contributed by atoms with Crippen molar-refractivity contribution < 1.29 is 5.11 Å². The molecule has 2 heteroatoms. The smallest absolute Gasteiger partial charge is 0.0682 e. The zero-order valence-corrected chi connectivity index (χ0v) is 6.60. The predicted octanol–water partition coefficient (Wildman–Crippen LogP) is 1.81. The van der Waals surface area contributed by atoms with Crippen molar-refractivity contribution in [3.8, 4) is 12.3 Å². The summed E-state index contributed by atoms with van der Waals surface area (Å²) in [7, 11) is 0. The molecule has 0 saturated carbocycles. The number of halogens is 1. The van der Waals surface area contributed by atoms with Crippen molar-refractivity contribution in [1.82, 2.24) is 0 Å². The standard InChI is InChI=1S/C9H7ClO/c1-2-8-4-3-7(6-11)5-9(8)10/h1,3-5,11H,6H2. The minimum absolute atomic E-state index is 0.00935. The average molecular weight is 167 g/mol. The third-order valence-electron chi connectivity index (χ3n) is 1.37. The number of terminal acetylenes is 1. The molecule has 1 aromatic carbocycles. The Bertz CT molecular complexity index is 299. The fourth-order valence-electron chi connectivity index (χ4n) is 0.774. The van der Waals surface area contributed by atoms with Crippen molar-refractivity contribution in [2.24, 2.45) is 0 Å². The molecule has 0 bridgehead atoms. The van der Waals surface area contributed by atoms with Crippen LogP contribution in [0.25, 0.3) is 0 Å². The van der Waals surface area contributed by atoms with Gasteiger partial charge in [0.05, 0.1) is 11.6 Å². The SMILES string of the molecule is C#Cc1ccc(CO)cc1Cl. The van der Waals surface area contributed by atoms with Crippen molar-refractivity contribution in [3.05, 3.63) is 34.3 Å². The van der Waals surface area contributed by atoms with E-state index in [1.807, 2.05) is 0 Å². The Hall–Kier alpha value is -0.970. The highest BCUT2D eigenvalue weighted by atomic mass is 35.5. The van der Waals surface area contributed by atoms with Gasteiger partial charge in [0.15, 0.2) is 0 Å². The molecule has 0 saturated heterocycles. The van der Waals surface area contributed by atoms with Crippen LogP contribution in [0.5, 0.6) is 0 Å². The van der Waals surface area contributed by atoms with Crippen LogP contribution in [0.1, 0.15) is 11.1 Å². The molecule has 0 aliphatic carbocycles. The molecule has 1 nitrogen and oxygen atoms in total. The van der Waals surface area contributed by atoms with E-state index < -0.39 is 0 Å². The van der Waals surface area contributed by atoms with E-state index in [9.17, 15) is 0 Å². The summed E-state index contributed by atoms with van der Waals surface area (Å²) in [5, 5.41) is 9.23. The Morgan fingerprint density at radius 2 is 2.27 bits per heavy atom. The molecule has 0 fully saturated rings. The Kier molecular flexibility index (Phi) is 2.53. The number of rotatable bonds is 1. The molecule has 56 valence electrons. The summed E-state index contributed by atoms with van der Waals surface area (Å²) in [6, 6.07) is 5.13. The van der Waals surface area contributed by atoms with Crippen LogP contribution in [0.3, 0.4) is 0 Å². The van der Waals surface area contributed by atoms with Gasteiger partial charge in [0.1, 0.15) is 0 Å². The van der Waals surface area contributed by atoms with E-state index in [2.05, 4.69) is 5.92 Å². The minimum Gasteiger partial charge on any atom is -0.392 e. The number of benzene rings is 1. The first-order chi connectivity index (χ1) is 5.27. The lowest BCUT2D eigenvalue weighted by atomic mass is 10.1. The molecule has 0 aromatic heterocycles. The van der Waals surface area contributed by atoms with E-state index in [4.69, 9.17) is 23.1 Å². The summed E-state index contributed by atoms with van der Waals surface area (Å²) in [6.07, 6.45) is 5.15. The highest BCUT2D eigenvalue weighted by Gasteiger charge is 1.97. The van der Waals surface area contributed by atoms with Gasteiger partial charge >= 0.3 is 0 Å². The topological polar surface area (TPSA) is 20.2 Å². The van der Waals surface area contributed by atoms with Gasteiger partial charge in [-0.2, -0.15) is 0 Å². The Morgan fingerprint density at radius 3 is 2.73 bits per heavy atom. The first-order valence-corrected chi connectivity index (χ1v) is 3.51. The summed E-state index contributed by atoms with van der Waals surface area (Å²) in [5.41, 5.74) is 1.43. The van der Waals surface area contributed by atoms with Gasteiger partial charge in [-0.15, -0.1) is 6.42 Å². The zero-order chi connectivity index (χ0) is 8.27. The fraction of sp³-hybridized carbons (Fsp3) is 0.111. The summed E-state index contributed by atoms with van der Waals surface area (Å²) in [6.45, 7) is -0.00935. The lowest BCUT2D eigenvalue weighted by Gasteiger charge is -1.98. The van der Waals surface area contributed by atoms with Crippen molar-refractivity contribution >= 4 is 11.6 Å². The molecule has 1 N–H and O–H groups in total. The normalized spacial score (nSPS) is 9.18. The second-order valence-corrected chi connectivity index (χ2v) is 2.52. The van der Waals surface area contributed by atoms with Gasteiger partial charge in [0.25, 0.3) is 0 Å². The Labute approximate surface area is 70.6 Å². The molecule has 0 amide bonds. The van der Waals surface area contributed by atoms with Gasteiger partial charge in [-0.3, -0.25) is 0 Å². The molecule has 0 radical (unpaired) electrons.